The second-order valence-corrected chi connectivity index (χ2v) is 4.21. The highest BCUT2D eigenvalue weighted by atomic mass is 19.1. The van der Waals surface area contributed by atoms with Gasteiger partial charge in [-0.15, -0.1) is 0 Å². The van der Waals surface area contributed by atoms with Gasteiger partial charge in [-0.3, -0.25) is 0 Å². The Morgan fingerprint density at radius 1 is 0.955 bits per heavy atom. The molecule has 5 nitrogen and oxygen atoms in total. The number of halogens is 2. The Bertz CT molecular complexity index is 699. The number of rotatable bonds is 3. The van der Waals surface area contributed by atoms with Gasteiger partial charge in [-0.25, -0.2) is 18.4 Å². The predicted octanol–water partition coefficient (Wildman–Crippen LogP) is 3.40. The van der Waals surface area contributed by atoms with Gasteiger partial charge in [-0.1, -0.05) is 18.2 Å². The molecule has 0 aliphatic carbocycles. The van der Waals surface area contributed by atoms with E-state index in [1.54, 1.807) is 12.1 Å². The number of hydrogen-bond donors (Lipinski definition) is 2. The van der Waals surface area contributed by atoms with Crippen molar-refractivity contribution in [3.8, 4) is 0 Å². The first-order valence-corrected chi connectivity index (χ1v) is 6.22. The summed E-state index contributed by atoms with van der Waals surface area (Å²) in [5.74, 6) is -2.46. The van der Waals surface area contributed by atoms with Crippen LogP contribution in [-0.2, 0) is 4.74 Å². The predicted molar refractivity (Wildman–Crippen MR) is 76.8 cm³/mol. The van der Waals surface area contributed by atoms with Gasteiger partial charge in [0, 0.05) is 0 Å². The van der Waals surface area contributed by atoms with Gasteiger partial charge in [0.05, 0.1) is 18.4 Å². The molecule has 7 heteroatoms. The number of nitrogens with one attached hydrogen (secondary N) is 2. The summed E-state index contributed by atoms with van der Waals surface area (Å²) in [7, 11) is 1.20. The molecule has 22 heavy (non-hydrogen) atoms. The van der Waals surface area contributed by atoms with Crippen molar-refractivity contribution < 1.29 is 23.1 Å². The second-order valence-electron chi connectivity index (χ2n) is 4.21. The van der Waals surface area contributed by atoms with E-state index in [9.17, 15) is 18.4 Å². The van der Waals surface area contributed by atoms with Crippen LogP contribution in [0.4, 0.5) is 25.0 Å². The van der Waals surface area contributed by atoms with Gasteiger partial charge in [0.1, 0.15) is 17.3 Å². The SMILES string of the molecule is COC(=O)c1ccccc1NC(=O)Nc1c(F)cccc1F. The molecule has 0 radical (unpaired) electrons. The molecule has 2 aromatic rings. The number of anilines is 2. The molecule has 0 saturated heterocycles. The fraction of sp³-hybridized carbons (Fsp3) is 0.0667. The number of amides is 2. The van der Waals surface area contributed by atoms with Crippen molar-refractivity contribution in [2.75, 3.05) is 17.7 Å². The molecule has 0 heterocycles. The molecule has 0 aliphatic rings. The summed E-state index contributed by atoms with van der Waals surface area (Å²) in [5.41, 5.74) is -0.298. The topological polar surface area (TPSA) is 67.4 Å². The first-order chi connectivity index (χ1) is 10.5. The second kappa shape index (κ2) is 6.66. The Morgan fingerprint density at radius 3 is 2.23 bits per heavy atom. The lowest BCUT2D eigenvalue weighted by Crippen LogP contribution is -2.22. The molecule has 0 unspecified atom stereocenters. The molecular formula is C15H12F2N2O3. The molecule has 0 spiro atoms. The zero-order valence-corrected chi connectivity index (χ0v) is 11.5. The Balaban J connectivity index is 2.18. The Kier molecular flexibility index (Phi) is 4.67. The number of benzene rings is 2. The highest BCUT2D eigenvalue weighted by Gasteiger charge is 2.15. The standard InChI is InChI=1S/C15H12F2N2O3/c1-22-14(20)9-5-2-3-8-12(9)18-15(21)19-13-10(16)6-4-7-11(13)17/h2-8H,1H3,(H2,18,19,21). The molecule has 2 N–H and O–H groups in total. The monoisotopic (exact) mass is 306 g/mol. The van der Waals surface area contributed by atoms with Crippen LogP contribution in [0.25, 0.3) is 0 Å². The van der Waals surface area contributed by atoms with Gasteiger partial charge in [0.25, 0.3) is 0 Å². The van der Waals surface area contributed by atoms with Crippen LogP contribution in [0.5, 0.6) is 0 Å². The van der Waals surface area contributed by atoms with Crippen LogP contribution >= 0.6 is 0 Å². The number of methoxy groups -OCH3 is 1. The van der Waals surface area contributed by atoms with E-state index in [-0.39, 0.29) is 11.3 Å². The van der Waals surface area contributed by atoms with E-state index in [0.717, 1.165) is 12.1 Å². The highest BCUT2D eigenvalue weighted by Crippen LogP contribution is 2.20. The molecule has 2 aromatic carbocycles. The molecule has 114 valence electrons. The van der Waals surface area contributed by atoms with E-state index in [1.165, 1.54) is 25.3 Å². The Morgan fingerprint density at radius 2 is 1.59 bits per heavy atom. The fourth-order valence-corrected chi connectivity index (χ4v) is 1.76. The molecule has 0 saturated carbocycles. The summed E-state index contributed by atoms with van der Waals surface area (Å²) < 4.78 is 31.5. The maximum Gasteiger partial charge on any atom is 0.339 e. The molecule has 0 aliphatic heterocycles. The number of carbonyl (C=O) groups excluding carboxylic acids is 2. The first-order valence-electron chi connectivity index (χ1n) is 6.22. The first kappa shape index (κ1) is 15.4. The average Bonchev–Trinajstić information content (AvgIpc) is 2.51. The molecule has 0 aromatic heterocycles. The Hall–Kier alpha value is -2.96. The van der Waals surface area contributed by atoms with Crippen molar-refractivity contribution in [3.63, 3.8) is 0 Å². The van der Waals surface area contributed by atoms with Crippen molar-refractivity contribution in [2.24, 2.45) is 0 Å². The van der Waals surface area contributed by atoms with Gasteiger partial charge in [0.2, 0.25) is 0 Å². The van der Waals surface area contributed by atoms with Crippen LogP contribution in [0.3, 0.4) is 0 Å². The number of esters is 1. The number of urea groups is 1. The summed E-state index contributed by atoms with van der Waals surface area (Å²) in [4.78, 5) is 23.4. The van der Waals surface area contributed by atoms with E-state index < -0.39 is 29.3 Å². The fourth-order valence-electron chi connectivity index (χ4n) is 1.76. The lowest BCUT2D eigenvalue weighted by atomic mass is 10.2. The van der Waals surface area contributed by atoms with E-state index in [2.05, 4.69) is 15.4 Å². The minimum Gasteiger partial charge on any atom is -0.465 e. The molecule has 0 fully saturated rings. The average molecular weight is 306 g/mol. The Labute approximate surface area is 124 Å². The van der Waals surface area contributed by atoms with Crippen LogP contribution in [0.2, 0.25) is 0 Å². The van der Waals surface area contributed by atoms with Crippen LogP contribution in [0.1, 0.15) is 10.4 Å². The van der Waals surface area contributed by atoms with E-state index in [0.29, 0.717) is 0 Å². The molecule has 0 atom stereocenters. The summed E-state index contributed by atoms with van der Waals surface area (Å²) in [5, 5.41) is 4.40. The zero-order valence-electron chi connectivity index (χ0n) is 11.5. The molecule has 2 amide bonds. The van der Waals surface area contributed by atoms with Gasteiger partial charge < -0.3 is 15.4 Å². The third-order valence-electron chi connectivity index (χ3n) is 2.78. The molecule has 0 bridgehead atoms. The minimum atomic E-state index is -0.906. The maximum atomic E-state index is 13.5. The lowest BCUT2D eigenvalue weighted by molar-refractivity contribution is 0.0602. The minimum absolute atomic E-state index is 0.120. The van der Waals surface area contributed by atoms with Gasteiger partial charge in [-0.05, 0) is 24.3 Å². The maximum absolute atomic E-state index is 13.5. The summed E-state index contributed by atoms with van der Waals surface area (Å²) >= 11 is 0. The van der Waals surface area contributed by atoms with Crippen molar-refractivity contribution in [1.82, 2.24) is 0 Å². The number of hydrogen-bond acceptors (Lipinski definition) is 3. The third kappa shape index (κ3) is 3.38. The van der Waals surface area contributed by atoms with Crippen LogP contribution in [0, 0.1) is 11.6 Å². The molecular weight excluding hydrogens is 294 g/mol. The smallest absolute Gasteiger partial charge is 0.339 e. The number of carbonyl (C=O) groups is 2. The van der Waals surface area contributed by atoms with Crippen molar-refractivity contribution in [1.29, 1.82) is 0 Å². The van der Waals surface area contributed by atoms with Crippen LogP contribution < -0.4 is 10.6 Å². The largest absolute Gasteiger partial charge is 0.465 e. The summed E-state index contributed by atoms with van der Waals surface area (Å²) in [6, 6.07) is 8.41. The molecule has 2 rings (SSSR count). The van der Waals surface area contributed by atoms with Crippen LogP contribution in [-0.4, -0.2) is 19.1 Å². The van der Waals surface area contributed by atoms with Crippen LogP contribution in [0.15, 0.2) is 42.5 Å². The van der Waals surface area contributed by atoms with Gasteiger partial charge in [-0.2, -0.15) is 0 Å². The summed E-state index contributed by atoms with van der Waals surface area (Å²) in [6.45, 7) is 0. The van der Waals surface area contributed by atoms with E-state index in [1.807, 2.05) is 0 Å². The quantitative estimate of drug-likeness (QED) is 0.854. The summed E-state index contributed by atoms with van der Waals surface area (Å²) in [6.07, 6.45) is 0. The highest BCUT2D eigenvalue weighted by molar-refractivity contribution is 6.05. The number of ether oxygens (including phenoxy) is 1. The zero-order chi connectivity index (χ0) is 16.1. The normalized spacial score (nSPS) is 9.95. The van der Waals surface area contributed by atoms with Crippen molar-refractivity contribution in [3.05, 3.63) is 59.7 Å². The van der Waals surface area contributed by atoms with Crippen molar-refractivity contribution in [2.45, 2.75) is 0 Å². The third-order valence-corrected chi connectivity index (χ3v) is 2.78. The lowest BCUT2D eigenvalue weighted by Gasteiger charge is -2.11. The van der Waals surface area contributed by atoms with E-state index >= 15 is 0 Å². The van der Waals surface area contributed by atoms with Gasteiger partial charge in [0.15, 0.2) is 0 Å². The van der Waals surface area contributed by atoms with Gasteiger partial charge >= 0.3 is 12.0 Å². The van der Waals surface area contributed by atoms with Crippen molar-refractivity contribution >= 4 is 23.4 Å². The number of para-hydroxylation sites is 2. The van der Waals surface area contributed by atoms with E-state index in [4.69, 9.17) is 0 Å².